The lowest BCUT2D eigenvalue weighted by atomic mass is 10.3. The SMILES string of the molecule is C=C(N)NC(=NCCCC)/C(=C\C)OCC(CC)OC. The van der Waals surface area contributed by atoms with Crippen LogP contribution in [0.5, 0.6) is 0 Å². The lowest BCUT2D eigenvalue weighted by molar-refractivity contribution is 0.0354. The second-order valence-electron chi connectivity index (χ2n) is 4.46. The molecule has 0 spiro atoms. The van der Waals surface area contributed by atoms with Crippen LogP contribution in [0.2, 0.25) is 0 Å². The van der Waals surface area contributed by atoms with Gasteiger partial charge < -0.3 is 20.5 Å². The first-order valence-electron chi connectivity index (χ1n) is 7.17. The van der Waals surface area contributed by atoms with E-state index in [1.165, 1.54) is 0 Å². The number of rotatable bonds is 10. The molecule has 5 heteroatoms. The highest BCUT2D eigenvalue weighted by molar-refractivity contribution is 5.97. The predicted molar refractivity (Wildman–Crippen MR) is 84.5 cm³/mol. The maximum Gasteiger partial charge on any atom is 0.169 e. The minimum absolute atomic E-state index is 0.0721. The maximum absolute atomic E-state index is 5.78. The number of hydrogen-bond donors (Lipinski definition) is 2. The van der Waals surface area contributed by atoms with E-state index in [1.807, 2.05) is 13.0 Å². The summed E-state index contributed by atoms with van der Waals surface area (Å²) in [6.07, 6.45) is 4.95. The zero-order chi connectivity index (χ0) is 15.4. The fourth-order valence-electron chi connectivity index (χ4n) is 1.50. The van der Waals surface area contributed by atoms with Gasteiger partial charge in [0.05, 0.1) is 11.9 Å². The summed E-state index contributed by atoms with van der Waals surface area (Å²) in [5, 5.41) is 2.95. The van der Waals surface area contributed by atoms with Gasteiger partial charge in [-0.2, -0.15) is 0 Å². The average molecular weight is 283 g/mol. The van der Waals surface area contributed by atoms with Crippen LogP contribution in [-0.2, 0) is 9.47 Å². The average Bonchev–Trinajstić information content (AvgIpc) is 2.43. The number of hydrogen-bond acceptors (Lipinski definition) is 4. The highest BCUT2D eigenvalue weighted by Crippen LogP contribution is 2.06. The van der Waals surface area contributed by atoms with Gasteiger partial charge in [-0.1, -0.05) is 26.8 Å². The fraction of sp³-hybridized carbons (Fsp3) is 0.667. The molecule has 20 heavy (non-hydrogen) atoms. The van der Waals surface area contributed by atoms with Crippen molar-refractivity contribution in [3.63, 3.8) is 0 Å². The van der Waals surface area contributed by atoms with Crippen LogP contribution in [0.15, 0.2) is 29.2 Å². The third kappa shape index (κ3) is 7.84. The lowest BCUT2D eigenvalue weighted by Crippen LogP contribution is -2.30. The molecule has 0 saturated heterocycles. The number of unbranched alkanes of at least 4 members (excludes halogenated alkanes) is 1. The van der Waals surface area contributed by atoms with E-state index in [-0.39, 0.29) is 6.10 Å². The van der Waals surface area contributed by atoms with Crippen molar-refractivity contribution in [1.29, 1.82) is 0 Å². The summed E-state index contributed by atoms with van der Waals surface area (Å²) in [7, 11) is 1.68. The first kappa shape index (κ1) is 18.5. The molecule has 0 saturated carbocycles. The van der Waals surface area contributed by atoms with Crippen LogP contribution in [0.1, 0.15) is 40.0 Å². The number of nitrogens with two attached hydrogens (primary N) is 1. The van der Waals surface area contributed by atoms with Gasteiger partial charge >= 0.3 is 0 Å². The number of nitrogens with zero attached hydrogens (tertiary/aromatic N) is 1. The minimum Gasteiger partial charge on any atom is -0.487 e. The number of allylic oxidation sites excluding steroid dienone is 1. The molecule has 0 rings (SSSR count). The van der Waals surface area contributed by atoms with Crippen LogP contribution in [-0.4, -0.2) is 32.2 Å². The molecule has 5 nitrogen and oxygen atoms in total. The van der Waals surface area contributed by atoms with E-state index in [4.69, 9.17) is 15.2 Å². The minimum atomic E-state index is 0.0721. The summed E-state index contributed by atoms with van der Waals surface area (Å²) in [6.45, 7) is 10.9. The van der Waals surface area contributed by atoms with E-state index in [1.54, 1.807) is 7.11 Å². The summed E-state index contributed by atoms with van der Waals surface area (Å²) in [5.41, 5.74) is 5.60. The molecular weight excluding hydrogens is 254 g/mol. The van der Waals surface area contributed by atoms with Gasteiger partial charge in [0.25, 0.3) is 0 Å². The fourth-order valence-corrected chi connectivity index (χ4v) is 1.50. The monoisotopic (exact) mass is 283 g/mol. The first-order chi connectivity index (χ1) is 9.58. The molecule has 0 aromatic heterocycles. The van der Waals surface area contributed by atoms with Crippen LogP contribution in [0.3, 0.4) is 0 Å². The molecule has 0 amide bonds. The lowest BCUT2D eigenvalue weighted by Gasteiger charge is -2.18. The van der Waals surface area contributed by atoms with Crippen molar-refractivity contribution in [2.45, 2.75) is 46.1 Å². The molecule has 116 valence electrons. The Kier molecular flexibility index (Phi) is 10.5. The normalized spacial score (nSPS) is 14.0. The summed E-state index contributed by atoms with van der Waals surface area (Å²) >= 11 is 0. The van der Waals surface area contributed by atoms with Gasteiger partial charge in [-0.05, 0) is 25.8 Å². The summed E-state index contributed by atoms with van der Waals surface area (Å²) in [4.78, 5) is 4.48. The second kappa shape index (κ2) is 11.3. The van der Waals surface area contributed by atoms with Crippen molar-refractivity contribution in [3.05, 3.63) is 24.2 Å². The number of amidine groups is 1. The highest BCUT2D eigenvalue weighted by Gasteiger charge is 2.11. The van der Waals surface area contributed by atoms with E-state index >= 15 is 0 Å². The van der Waals surface area contributed by atoms with Crippen molar-refractivity contribution in [1.82, 2.24) is 5.32 Å². The molecule has 3 N–H and O–H groups in total. The first-order valence-corrected chi connectivity index (χ1v) is 7.17. The zero-order valence-corrected chi connectivity index (χ0v) is 13.2. The van der Waals surface area contributed by atoms with E-state index < -0.39 is 0 Å². The van der Waals surface area contributed by atoms with Crippen molar-refractivity contribution < 1.29 is 9.47 Å². The third-order valence-corrected chi connectivity index (χ3v) is 2.77. The molecule has 1 atom stereocenters. The van der Waals surface area contributed by atoms with Gasteiger partial charge in [0.2, 0.25) is 0 Å². The Labute approximate surface area is 122 Å². The standard InChI is InChI=1S/C15H29N3O2/c1-6-9-10-17-15(18-12(4)16)14(8-3)20-11-13(7-2)19-5/h8,13H,4,6-7,9-11,16H2,1-3,5H3,(H,17,18)/b14-8+. The molecule has 1 unspecified atom stereocenters. The van der Waals surface area contributed by atoms with Crippen LogP contribution in [0.25, 0.3) is 0 Å². The van der Waals surface area contributed by atoms with Gasteiger partial charge in [-0.3, -0.25) is 4.99 Å². The Morgan fingerprint density at radius 2 is 2.15 bits per heavy atom. The second-order valence-corrected chi connectivity index (χ2v) is 4.46. The Bertz CT molecular complexity index is 334. The Morgan fingerprint density at radius 3 is 2.60 bits per heavy atom. The molecule has 0 bridgehead atoms. The molecule has 0 aliphatic heterocycles. The molecular formula is C15H29N3O2. The Morgan fingerprint density at radius 1 is 1.45 bits per heavy atom. The van der Waals surface area contributed by atoms with Crippen LogP contribution in [0, 0.1) is 0 Å². The largest absolute Gasteiger partial charge is 0.487 e. The molecule has 0 aromatic rings. The van der Waals surface area contributed by atoms with Gasteiger partial charge in [-0.25, -0.2) is 0 Å². The Balaban J connectivity index is 4.73. The summed E-state index contributed by atoms with van der Waals surface area (Å²) < 4.78 is 11.1. The Hall–Kier alpha value is -1.49. The van der Waals surface area contributed by atoms with Gasteiger partial charge in [-0.15, -0.1) is 0 Å². The van der Waals surface area contributed by atoms with E-state index in [9.17, 15) is 0 Å². The van der Waals surface area contributed by atoms with Crippen molar-refractivity contribution in [2.24, 2.45) is 10.7 Å². The van der Waals surface area contributed by atoms with Crippen molar-refractivity contribution >= 4 is 5.84 Å². The molecule has 0 heterocycles. The van der Waals surface area contributed by atoms with Gasteiger partial charge in [0.1, 0.15) is 6.61 Å². The maximum atomic E-state index is 5.78. The quantitative estimate of drug-likeness (QED) is 0.280. The van der Waals surface area contributed by atoms with Crippen LogP contribution in [0.4, 0.5) is 0 Å². The summed E-state index contributed by atoms with van der Waals surface area (Å²) in [5.74, 6) is 1.64. The van der Waals surface area contributed by atoms with E-state index in [2.05, 4.69) is 30.7 Å². The van der Waals surface area contributed by atoms with E-state index in [0.717, 1.165) is 25.8 Å². The molecule has 0 aliphatic carbocycles. The topological polar surface area (TPSA) is 68.9 Å². The number of aliphatic imine (C=N–C) groups is 1. The smallest absolute Gasteiger partial charge is 0.169 e. The summed E-state index contributed by atoms with van der Waals surface area (Å²) in [6, 6.07) is 0. The van der Waals surface area contributed by atoms with E-state index in [0.29, 0.717) is 24.0 Å². The zero-order valence-electron chi connectivity index (χ0n) is 13.2. The van der Waals surface area contributed by atoms with Crippen LogP contribution >= 0.6 is 0 Å². The highest BCUT2D eigenvalue weighted by atomic mass is 16.5. The third-order valence-electron chi connectivity index (χ3n) is 2.77. The molecule has 0 aliphatic rings. The van der Waals surface area contributed by atoms with Gasteiger partial charge in [0.15, 0.2) is 11.6 Å². The molecule has 0 radical (unpaired) electrons. The molecule has 0 fully saturated rings. The van der Waals surface area contributed by atoms with Crippen LogP contribution < -0.4 is 11.1 Å². The number of nitrogens with one attached hydrogen (secondary N) is 1. The number of methoxy groups -OCH3 is 1. The molecule has 0 aromatic carbocycles. The van der Waals surface area contributed by atoms with Gasteiger partial charge in [0, 0.05) is 13.7 Å². The van der Waals surface area contributed by atoms with Crippen molar-refractivity contribution in [3.8, 4) is 0 Å². The number of ether oxygens (including phenoxy) is 2. The predicted octanol–water partition coefficient (Wildman–Crippen LogP) is 2.55. The van der Waals surface area contributed by atoms with Crippen molar-refractivity contribution in [2.75, 3.05) is 20.3 Å².